The van der Waals surface area contributed by atoms with Crippen LogP contribution in [0.15, 0.2) is 53.4 Å². The first-order chi connectivity index (χ1) is 16.1. The molecule has 1 heterocycles. The predicted octanol–water partition coefficient (Wildman–Crippen LogP) is 3.46. The van der Waals surface area contributed by atoms with E-state index in [0.29, 0.717) is 16.9 Å². The van der Waals surface area contributed by atoms with Crippen LogP contribution in [0.3, 0.4) is 0 Å². The van der Waals surface area contributed by atoms with E-state index < -0.39 is 16.0 Å². The van der Waals surface area contributed by atoms with Crippen LogP contribution in [0.25, 0.3) is 0 Å². The largest absolute Gasteiger partial charge is 0.484 e. The van der Waals surface area contributed by atoms with Crippen LogP contribution in [0.1, 0.15) is 49.0 Å². The SMILES string of the molecule is CC1CCCC(C)N1C(=O)COc1ccc(C(=O)OCc2cccc(S(=O)(=O)N(C)C)c2)cc1. The lowest BCUT2D eigenvalue weighted by molar-refractivity contribution is -0.139. The number of carbonyl (C=O) groups excluding carboxylic acids is 2. The van der Waals surface area contributed by atoms with E-state index in [1.54, 1.807) is 36.4 Å². The second kappa shape index (κ2) is 11.0. The monoisotopic (exact) mass is 488 g/mol. The highest BCUT2D eigenvalue weighted by Gasteiger charge is 2.29. The highest BCUT2D eigenvalue weighted by Crippen LogP contribution is 2.23. The van der Waals surface area contributed by atoms with Gasteiger partial charge in [0.25, 0.3) is 5.91 Å². The molecule has 0 aliphatic carbocycles. The van der Waals surface area contributed by atoms with E-state index in [2.05, 4.69) is 13.8 Å². The highest BCUT2D eigenvalue weighted by molar-refractivity contribution is 7.89. The second-order valence-electron chi connectivity index (χ2n) is 8.75. The van der Waals surface area contributed by atoms with Gasteiger partial charge in [0.1, 0.15) is 12.4 Å². The van der Waals surface area contributed by atoms with Gasteiger partial charge in [-0.15, -0.1) is 0 Å². The van der Waals surface area contributed by atoms with Gasteiger partial charge in [0.2, 0.25) is 10.0 Å². The van der Waals surface area contributed by atoms with Gasteiger partial charge in [0.15, 0.2) is 6.61 Å². The Hall–Kier alpha value is -2.91. The summed E-state index contributed by atoms with van der Waals surface area (Å²) in [5.41, 5.74) is 0.893. The Morgan fingerprint density at radius 1 is 1.03 bits per heavy atom. The van der Waals surface area contributed by atoms with Crippen molar-refractivity contribution in [2.75, 3.05) is 20.7 Å². The van der Waals surface area contributed by atoms with Crippen LogP contribution >= 0.6 is 0 Å². The van der Waals surface area contributed by atoms with E-state index in [4.69, 9.17) is 9.47 Å². The molecule has 9 heteroatoms. The number of nitrogens with zero attached hydrogens (tertiary/aromatic N) is 2. The van der Waals surface area contributed by atoms with Crippen molar-refractivity contribution in [3.63, 3.8) is 0 Å². The molecule has 2 atom stereocenters. The Morgan fingerprint density at radius 3 is 2.29 bits per heavy atom. The Balaban J connectivity index is 1.54. The van der Waals surface area contributed by atoms with E-state index in [0.717, 1.165) is 23.6 Å². The number of benzene rings is 2. The summed E-state index contributed by atoms with van der Waals surface area (Å²) in [6.45, 7) is 4.01. The quantitative estimate of drug-likeness (QED) is 0.529. The van der Waals surface area contributed by atoms with Crippen LogP contribution in [-0.2, 0) is 26.2 Å². The maximum atomic E-state index is 12.6. The fraction of sp³-hybridized carbons (Fsp3) is 0.440. The maximum absolute atomic E-state index is 12.6. The Morgan fingerprint density at radius 2 is 1.68 bits per heavy atom. The summed E-state index contributed by atoms with van der Waals surface area (Å²) in [7, 11) is -0.651. The molecule has 2 aromatic rings. The predicted molar refractivity (Wildman–Crippen MR) is 128 cm³/mol. The van der Waals surface area contributed by atoms with Gasteiger partial charge in [-0.1, -0.05) is 12.1 Å². The van der Waals surface area contributed by atoms with Crippen LogP contribution in [0.2, 0.25) is 0 Å². The van der Waals surface area contributed by atoms with Crippen LogP contribution in [-0.4, -0.2) is 62.3 Å². The van der Waals surface area contributed by atoms with Crippen molar-refractivity contribution < 1.29 is 27.5 Å². The summed E-state index contributed by atoms with van der Waals surface area (Å²) >= 11 is 0. The zero-order valence-corrected chi connectivity index (χ0v) is 20.9. The number of hydrogen-bond donors (Lipinski definition) is 0. The Labute approximate surface area is 201 Å². The number of likely N-dealkylation sites (tertiary alicyclic amines) is 1. The molecule has 0 saturated carbocycles. The highest BCUT2D eigenvalue weighted by atomic mass is 32.2. The van der Waals surface area contributed by atoms with E-state index in [9.17, 15) is 18.0 Å². The molecule has 1 aliphatic rings. The zero-order chi connectivity index (χ0) is 24.9. The molecule has 34 heavy (non-hydrogen) atoms. The van der Waals surface area contributed by atoms with Crippen molar-refractivity contribution in [2.24, 2.45) is 0 Å². The third-order valence-corrected chi connectivity index (χ3v) is 7.79. The van der Waals surface area contributed by atoms with Gasteiger partial charge in [-0.3, -0.25) is 4.79 Å². The van der Waals surface area contributed by atoms with Gasteiger partial charge in [-0.25, -0.2) is 17.5 Å². The lowest BCUT2D eigenvalue weighted by Gasteiger charge is -2.38. The van der Waals surface area contributed by atoms with Crippen molar-refractivity contribution in [3.8, 4) is 5.75 Å². The average Bonchev–Trinajstić information content (AvgIpc) is 2.81. The fourth-order valence-corrected chi connectivity index (χ4v) is 5.03. The first-order valence-electron chi connectivity index (χ1n) is 11.3. The molecular formula is C25H32N2O6S. The van der Waals surface area contributed by atoms with Gasteiger partial charge in [0.05, 0.1) is 10.5 Å². The summed E-state index contributed by atoms with van der Waals surface area (Å²) in [6, 6.07) is 13.1. The minimum Gasteiger partial charge on any atom is -0.484 e. The fourth-order valence-electron chi connectivity index (χ4n) is 4.06. The molecule has 0 spiro atoms. The molecular weight excluding hydrogens is 456 g/mol. The van der Waals surface area contributed by atoms with Crippen LogP contribution in [0.5, 0.6) is 5.75 Å². The van der Waals surface area contributed by atoms with Crippen molar-refractivity contribution in [2.45, 2.75) is 56.7 Å². The third-order valence-electron chi connectivity index (χ3n) is 5.98. The van der Waals surface area contributed by atoms with Gasteiger partial charge < -0.3 is 14.4 Å². The van der Waals surface area contributed by atoms with Crippen molar-refractivity contribution >= 4 is 21.9 Å². The number of amides is 1. The van der Waals surface area contributed by atoms with E-state index in [-0.39, 0.29) is 36.1 Å². The number of ether oxygens (including phenoxy) is 2. The van der Waals surface area contributed by atoms with Gasteiger partial charge in [-0.2, -0.15) is 0 Å². The molecule has 0 aromatic heterocycles. The Bertz CT molecular complexity index is 1100. The summed E-state index contributed by atoms with van der Waals surface area (Å²) in [4.78, 5) is 27.0. The third kappa shape index (κ3) is 6.15. The standard InChI is InChI=1S/C25H32N2O6S/c1-18-7-5-8-19(2)27(18)24(28)17-32-22-13-11-21(12-14-22)25(29)33-16-20-9-6-10-23(15-20)34(30,31)26(3)4/h6,9-15,18-19H,5,7-8,16-17H2,1-4H3. The summed E-state index contributed by atoms with van der Waals surface area (Å²) in [5.74, 6) is -0.0926. The number of esters is 1. The molecule has 1 aliphatic heterocycles. The normalized spacial score (nSPS) is 18.6. The lowest BCUT2D eigenvalue weighted by atomic mass is 9.97. The van der Waals surface area contributed by atoms with E-state index in [1.807, 2.05) is 4.90 Å². The molecule has 8 nitrogen and oxygen atoms in total. The lowest BCUT2D eigenvalue weighted by Crippen LogP contribution is -2.49. The van der Waals surface area contributed by atoms with Crippen LogP contribution < -0.4 is 4.74 Å². The molecule has 2 unspecified atom stereocenters. The molecule has 3 rings (SSSR count). The number of hydrogen-bond acceptors (Lipinski definition) is 6. The number of piperidine rings is 1. The molecule has 0 N–H and O–H groups in total. The minimum absolute atomic E-state index is 0.0401. The average molecular weight is 489 g/mol. The molecule has 1 saturated heterocycles. The number of sulfonamides is 1. The molecule has 0 radical (unpaired) electrons. The molecule has 1 fully saturated rings. The molecule has 184 valence electrons. The summed E-state index contributed by atoms with van der Waals surface area (Å²) in [5, 5.41) is 0. The first kappa shape index (κ1) is 25.7. The smallest absolute Gasteiger partial charge is 0.338 e. The zero-order valence-electron chi connectivity index (χ0n) is 20.1. The summed E-state index contributed by atoms with van der Waals surface area (Å²) in [6.07, 6.45) is 3.14. The van der Waals surface area contributed by atoms with E-state index >= 15 is 0 Å². The molecule has 1 amide bonds. The minimum atomic E-state index is -3.57. The summed E-state index contributed by atoms with van der Waals surface area (Å²) < 4.78 is 36.7. The van der Waals surface area contributed by atoms with Crippen LogP contribution in [0.4, 0.5) is 0 Å². The Kier molecular flexibility index (Phi) is 8.33. The van der Waals surface area contributed by atoms with Crippen molar-refractivity contribution in [3.05, 3.63) is 59.7 Å². The van der Waals surface area contributed by atoms with Crippen LogP contribution in [0, 0.1) is 0 Å². The second-order valence-corrected chi connectivity index (χ2v) is 10.9. The number of carbonyl (C=O) groups is 2. The molecule has 0 bridgehead atoms. The molecule has 2 aromatic carbocycles. The van der Waals surface area contributed by atoms with Gasteiger partial charge >= 0.3 is 5.97 Å². The van der Waals surface area contributed by atoms with Gasteiger partial charge in [0, 0.05) is 26.2 Å². The topological polar surface area (TPSA) is 93.2 Å². The van der Waals surface area contributed by atoms with E-state index in [1.165, 1.54) is 26.2 Å². The van der Waals surface area contributed by atoms with Gasteiger partial charge in [-0.05, 0) is 75.1 Å². The number of rotatable bonds is 8. The van der Waals surface area contributed by atoms with Crippen molar-refractivity contribution in [1.82, 2.24) is 9.21 Å². The maximum Gasteiger partial charge on any atom is 0.338 e. The van der Waals surface area contributed by atoms with Crippen molar-refractivity contribution in [1.29, 1.82) is 0 Å². The first-order valence-corrected chi connectivity index (χ1v) is 12.8.